The number of nitrogens with zero attached hydrogens (tertiary/aromatic N) is 1. The van der Waals surface area contributed by atoms with Crippen molar-refractivity contribution in [2.24, 2.45) is 10.9 Å². The molecular weight excluding hydrogens is 272 g/mol. The Kier molecular flexibility index (Phi) is 6.80. The molecule has 0 heterocycles. The van der Waals surface area contributed by atoms with Crippen molar-refractivity contribution >= 4 is 26.3 Å². The Hall–Kier alpha value is 0.0569. The summed E-state index contributed by atoms with van der Waals surface area (Å²) in [6.07, 6.45) is 0.927. The summed E-state index contributed by atoms with van der Waals surface area (Å²) in [5, 5.41) is 0. The quantitative estimate of drug-likeness (QED) is 0.478. The van der Waals surface area contributed by atoms with Gasteiger partial charge in [-0.1, -0.05) is 0 Å². The Morgan fingerprint density at radius 3 is 2.56 bits per heavy atom. The normalized spacial score (nSPS) is 18.8. The van der Waals surface area contributed by atoms with E-state index in [1.807, 2.05) is 11.8 Å². The monoisotopic (exact) mass is 295 g/mol. The Labute approximate surface area is 114 Å². The zero-order valence-corrected chi connectivity index (χ0v) is 13.2. The molecule has 1 saturated carbocycles. The molecule has 1 aliphatic carbocycles. The Morgan fingerprint density at radius 1 is 1.39 bits per heavy atom. The minimum Gasteiger partial charge on any atom is -0.415 e. The van der Waals surface area contributed by atoms with Gasteiger partial charge in [-0.05, 0) is 44.2 Å². The lowest BCUT2D eigenvalue weighted by Gasteiger charge is -2.20. The van der Waals surface area contributed by atoms with Gasteiger partial charge in [-0.25, -0.2) is 8.78 Å². The second-order valence-corrected chi connectivity index (χ2v) is 11.3. The van der Waals surface area contributed by atoms with Crippen molar-refractivity contribution in [3.05, 3.63) is 0 Å². The molecule has 106 valence electrons. The Balaban J connectivity index is 2.29. The number of alkyl halides is 2. The number of thioether (sulfide) groups is 1. The number of hydrogen-bond donors (Lipinski definition) is 0. The zero-order valence-electron chi connectivity index (χ0n) is 11.4. The van der Waals surface area contributed by atoms with E-state index < -0.39 is 14.7 Å². The molecule has 0 bridgehead atoms. The lowest BCUT2D eigenvalue weighted by molar-refractivity contribution is 0.229. The summed E-state index contributed by atoms with van der Waals surface area (Å²) in [4.78, 5) is 3.94. The van der Waals surface area contributed by atoms with Crippen LogP contribution in [-0.4, -0.2) is 45.1 Å². The summed E-state index contributed by atoms with van der Waals surface area (Å²) >= 11 is 1.81. The van der Waals surface area contributed by atoms with E-state index in [9.17, 15) is 8.78 Å². The Morgan fingerprint density at radius 2 is 2.06 bits per heavy atom. The summed E-state index contributed by atoms with van der Waals surface area (Å²) in [7, 11) is -1.60. The van der Waals surface area contributed by atoms with Crippen LogP contribution >= 0.6 is 11.8 Å². The number of hydrogen-bond acceptors (Lipinski definition) is 3. The van der Waals surface area contributed by atoms with Gasteiger partial charge in [-0.15, -0.1) is 0 Å². The molecule has 0 aromatic rings. The van der Waals surface area contributed by atoms with E-state index in [-0.39, 0.29) is 6.04 Å². The average Bonchev–Trinajstić information content (AvgIpc) is 3.03. The fourth-order valence-corrected chi connectivity index (χ4v) is 3.27. The maximum absolute atomic E-state index is 12.1. The van der Waals surface area contributed by atoms with Crippen LogP contribution in [0.4, 0.5) is 8.78 Å². The summed E-state index contributed by atoms with van der Waals surface area (Å²) in [6.45, 7) is 6.76. The molecule has 1 fully saturated rings. The maximum atomic E-state index is 12.1. The molecule has 2 nitrogen and oxygen atoms in total. The van der Waals surface area contributed by atoms with Gasteiger partial charge in [0.15, 0.2) is 8.32 Å². The van der Waals surface area contributed by atoms with Gasteiger partial charge in [0.05, 0.1) is 18.9 Å². The molecule has 0 aromatic carbocycles. The van der Waals surface area contributed by atoms with Crippen molar-refractivity contribution in [3.8, 4) is 0 Å². The molecule has 0 radical (unpaired) electrons. The van der Waals surface area contributed by atoms with Crippen molar-refractivity contribution in [1.82, 2.24) is 0 Å². The highest BCUT2D eigenvalue weighted by Crippen LogP contribution is 2.32. The molecule has 1 rings (SSSR count). The van der Waals surface area contributed by atoms with Crippen LogP contribution in [-0.2, 0) is 4.43 Å². The summed E-state index contributed by atoms with van der Waals surface area (Å²) < 4.78 is 30.0. The molecule has 0 aromatic heterocycles. The van der Waals surface area contributed by atoms with Gasteiger partial charge in [-0.3, -0.25) is 4.99 Å². The van der Waals surface area contributed by atoms with Gasteiger partial charge in [0.2, 0.25) is 0 Å². The van der Waals surface area contributed by atoms with Crippen molar-refractivity contribution < 1.29 is 13.2 Å². The predicted octanol–water partition coefficient (Wildman–Crippen LogP) is 3.69. The summed E-state index contributed by atoms with van der Waals surface area (Å²) in [6, 6.07) is -0.130. The molecule has 1 aliphatic rings. The molecule has 18 heavy (non-hydrogen) atoms. The lowest BCUT2D eigenvalue weighted by Crippen LogP contribution is -2.31. The number of rotatable bonds is 9. The first kappa shape index (κ1) is 16.1. The van der Waals surface area contributed by atoms with Gasteiger partial charge >= 0.3 is 0 Å². The zero-order chi connectivity index (χ0) is 13.6. The molecular formula is C12H23F2NOSSi. The van der Waals surface area contributed by atoms with Crippen molar-refractivity contribution in [1.29, 1.82) is 0 Å². The largest absolute Gasteiger partial charge is 0.415 e. The molecule has 0 N–H and O–H groups in total. The van der Waals surface area contributed by atoms with Crippen LogP contribution in [0.15, 0.2) is 4.99 Å². The molecule has 1 atom stereocenters. The van der Waals surface area contributed by atoms with Crippen LogP contribution < -0.4 is 0 Å². The molecule has 0 aliphatic heterocycles. The third kappa shape index (κ3) is 9.05. The minimum atomic E-state index is -2.46. The standard InChI is InChI=1S/C12H23F2NOSSi/c1-18(2,3)16-7-11(15-6-12(13)14)9-17-8-10-4-5-10/h6,10-12H,4-5,7-9H2,1-3H3/b15-6+. The van der Waals surface area contributed by atoms with Gasteiger partial charge in [0.1, 0.15) is 0 Å². The number of halogens is 2. The SMILES string of the molecule is C[Si](C)(C)OCC(CSCC1CC1)/N=C/C(F)F. The van der Waals surface area contributed by atoms with E-state index in [4.69, 9.17) is 4.43 Å². The third-order valence-electron chi connectivity index (χ3n) is 2.48. The summed E-state index contributed by atoms with van der Waals surface area (Å²) in [5.41, 5.74) is 0. The smallest absolute Gasteiger partial charge is 0.273 e. The highest BCUT2D eigenvalue weighted by atomic mass is 32.2. The molecule has 6 heteroatoms. The number of aliphatic imine (C=N–C) groups is 1. The van der Waals surface area contributed by atoms with E-state index in [1.165, 1.54) is 12.8 Å². The Bertz CT molecular complexity index is 267. The third-order valence-corrected chi connectivity index (χ3v) is 4.84. The molecule has 1 unspecified atom stereocenters. The van der Waals surface area contributed by atoms with E-state index >= 15 is 0 Å². The predicted molar refractivity (Wildman–Crippen MR) is 77.6 cm³/mol. The first-order chi connectivity index (χ1) is 8.37. The van der Waals surface area contributed by atoms with Crippen molar-refractivity contribution in [2.45, 2.75) is 44.9 Å². The van der Waals surface area contributed by atoms with Crippen LogP contribution in [0.5, 0.6) is 0 Å². The second-order valence-electron chi connectivity index (χ2n) is 5.69. The van der Waals surface area contributed by atoms with Gasteiger partial charge in [0, 0.05) is 5.75 Å². The van der Waals surface area contributed by atoms with Crippen LogP contribution in [0.2, 0.25) is 19.6 Å². The fraction of sp³-hybridized carbons (Fsp3) is 0.917. The summed E-state index contributed by atoms with van der Waals surface area (Å²) in [5.74, 6) is 2.77. The highest BCUT2D eigenvalue weighted by molar-refractivity contribution is 7.99. The lowest BCUT2D eigenvalue weighted by atomic mass is 10.4. The van der Waals surface area contributed by atoms with Crippen LogP contribution in [0.1, 0.15) is 12.8 Å². The van der Waals surface area contributed by atoms with Crippen molar-refractivity contribution in [2.75, 3.05) is 18.1 Å². The van der Waals surface area contributed by atoms with Gasteiger partial charge < -0.3 is 4.43 Å². The molecule has 0 saturated heterocycles. The molecule has 0 amide bonds. The van der Waals surface area contributed by atoms with Crippen LogP contribution in [0.25, 0.3) is 0 Å². The van der Waals surface area contributed by atoms with E-state index in [1.54, 1.807) is 0 Å². The van der Waals surface area contributed by atoms with E-state index in [0.717, 1.165) is 23.6 Å². The van der Waals surface area contributed by atoms with Gasteiger partial charge in [0.25, 0.3) is 6.43 Å². The second kappa shape index (κ2) is 7.60. The topological polar surface area (TPSA) is 21.6 Å². The van der Waals surface area contributed by atoms with Crippen LogP contribution in [0.3, 0.4) is 0 Å². The van der Waals surface area contributed by atoms with Gasteiger partial charge in [-0.2, -0.15) is 11.8 Å². The van der Waals surface area contributed by atoms with E-state index in [2.05, 4.69) is 24.6 Å². The fourth-order valence-electron chi connectivity index (χ4n) is 1.32. The van der Waals surface area contributed by atoms with E-state index in [0.29, 0.717) is 6.61 Å². The first-order valence-corrected chi connectivity index (χ1v) is 11.0. The maximum Gasteiger partial charge on any atom is 0.273 e. The minimum absolute atomic E-state index is 0.130. The average molecular weight is 295 g/mol. The first-order valence-electron chi connectivity index (χ1n) is 6.40. The molecule has 0 spiro atoms. The van der Waals surface area contributed by atoms with Crippen LogP contribution in [0, 0.1) is 5.92 Å². The highest BCUT2D eigenvalue weighted by Gasteiger charge is 2.22. The van der Waals surface area contributed by atoms with Crippen molar-refractivity contribution in [3.63, 3.8) is 0 Å².